The minimum atomic E-state index is -0.187. The number of halogens is 2. The number of hydrogen-bond donors (Lipinski definition) is 2. The van der Waals surface area contributed by atoms with Crippen LogP contribution in [0.1, 0.15) is 10.4 Å². The van der Waals surface area contributed by atoms with Crippen LogP contribution in [0.4, 0.5) is 0 Å². The van der Waals surface area contributed by atoms with Crippen molar-refractivity contribution in [2.24, 2.45) is 0 Å². The third-order valence-corrected chi connectivity index (χ3v) is 2.49. The molecule has 0 spiro atoms. The van der Waals surface area contributed by atoms with Crippen molar-refractivity contribution in [3.63, 3.8) is 0 Å². The van der Waals surface area contributed by atoms with E-state index in [4.69, 9.17) is 11.6 Å². The zero-order valence-electron chi connectivity index (χ0n) is 7.47. The molecule has 76 valence electrons. The Bertz CT molecular complexity index is 345. The Labute approximate surface area is 95.2 Å². The van der Waals surface area contributed by atoms with Crippen LogP contribution in [0.15, 0.2) is 16.6 Å². The van der Waals surface area contributed by atoms with Crippen molar-refractivity contribution in [2.45, 2.75) is 0 Å². The van der Waals surface area contributed by atoms with Crippen molar-refractivity contribution in [2.75, 3.05) is 13.6 Å². The number of phenols is 1. The van der Waals surface area contributed by atoms with Crippen LogP contribution in [0.25, 0.3) is 0 Å². The van der Waals surface area contributed by atoms with E-state index in [1.165, 1.54) is 6.07 Å². The third-order valence-electron chi connectivity index (χ3n) is 1.65. The van der Waals surface area contributed by atoms with Crippen LogP contribution in [-0.4, -0.2) is 24.5 Å². The molecule has 0 fully saturated rings. The summed E-state index contributed by atoms with van der Waals surface area (Å²) in [5.41, 5.74) is 0.253. The Morgan fingerprint density at radius 2 is 2.29 bits per heavy atom. The van der Waals surface area contributed by atoms with Gasteiger partial charge in [-0.15, -0.1) is 0 Å². The highest BCUT2D eigenvalue weighted by atomic mass is 79.9. The second kappa shape index (κ2) is 4.77. The molecule has 0 saturated heterocycles. The highest BCUT2D eigenvalue weighted by Crippen LogP contribution is 2.30. The molecule has 0 aromatic heterocycles. The zero-order chi connectivity index (χ0) is 10.7. The number of phenolic OH excluding ortho intramolecular Hbond substituents is 1. The van der Waals surface area contributed by atoms with E-state index in [0.717, 1.165) is 0 Å². The molecule has 1 rings (SSSR count). The molecule has 0 atom stereocenters. The molecule has 1 aromatic rings. The fourth-order valence-corrected chi connectivity index (χ4v) is 2.10. The van der Waals surface area contributed by atoms with Crippen molar-refractivity contribution in [3.05, 3.63) is 27.2 Å². The molecule has 0 aliphatic heterocycles. The summed E-state index contributed by atoms with van der Waals surface area (Å²) in [6, 6.07) is 2.92. The number of ketones is 1. The summed E-state index contributed by atoms with van der Waals surface area (Å²) in [4.78, 5) is 11.5. The van der Waals surface area contributed by atoms with Gasteiger partial charge >= 0.3 is 0 Å². The van der Waals surface area contributed by atoms with Gasteiger partial charge in [0, 0.05) is 9.50 Å². The molecule has 0 amide bonds. The van der Waals surface area contributed by atoms with E-state index in [1.807, 2.05) is 0 Å². The van der Waals surface area contributed by atoms with Crippen LogP contribution < -0.4 is 5.32 Å². The lowest BCUT2D eigenvalue weighted by molar-refractivity contribution is 0.0990. The maximum atomic E-state index is 11.5. The van der Waals surface area contributed by atoms with Gasteiger partial charge in [-0.25, -0.2) is 0 Å². The Morgan fingerprint density at radius 3 is 2.79 bits per heavy atom. The molecule has 0 saturated carbocycles. The van der Waals surface area contributed by atoms with Gasteiger partial charge in [0.2, 0.25) is 0 Å². The minimum absolute atomic E-state index is 0.107. The monoisotopic (exact) mass is 277 g/mol. The second-order valence-corrected chi connectivity index (χ2v) is 4.03. The van der Waals surface area contributed by atoms with Crippen LogP contribution in [0, 0.1) is 0 Å². The van der Waals surface area contributed by atoms with Gasteiger partial charge < -0.3 is 10.4 Å². The molecule has 0 aliphatic rings. The molecule has 0 radical (unpaired) electrons. The molecular weight excluding hydrogens is 269 g/mol. The van der Waals surface area contributed by atoms with Gasteiger partial charge in [-0.05, 0) is 35.1 Å². The molecule has 0 unspecified atom stereocenters. The summed E-state index contributed by atoms with van der Waals surface area (Å²) in [6.45, 7) is 0.174. The van der Waals surface area contributed by atoms with Gasteiger partial charge in [0.1, 0.15) is 5.75 Å². The Hall–Kier alpha value is -0.580. The topological polar surface area (TPSA) is 49.3 Å². The summed E-state index contributed by atoms with van der Waals surface area (Å²) >= 11 is 8.86. The lowest BCUT2D eigenvalue weighted by Crippen LogP contribution is -2.19. The molecule has 0 bridgehead atoms. The molecule has 14 heavy (non-hydrogen) atoms. The van der Waals surface area contributed by atoms with Crippen molar-refractivity contribution >= 4 is 33.3 Å². The average molecular weight is 279 g/mol. The summed E-state index contributed by atoms with van der Waals surface area (Å²) in [5, 5.41) is 12.6. The Balaban J connectivity index is 3.14. The van der Waals surface area contributed by atoms with E-state index in [0.29, 0.717) is 9.50 Å². The van der Waals surface area contributed by atoms with E-state index < -0.39 is 0 Å². The lowest BCUT2D eigenvalue weighted by Gasteiger charge is -2.06. The standard InChI is InChI=1S/C9H9BrClNO2/c1-12-4-8(14)9-6(10)2-5(11)3-7(9)13/h2-3,12-13H,4H2,1H3. The van der Waals surface area contributed by atoms with Gasteiger partial charge in [-0.3, -0.25) is 4.79 Å². The number of nitrogens with one attached hydrogen (secondary N) is 1. The fourth-order valence-electron chi connectivity index (χ4n) is 1.09. The highest BCUT2D eigenvalue weighted by Gasteiger charge is 2.15. The second-order valence-electron chi connectivity index (χ2n) is 2.74. The predicted molar refractivity (Wildman–Crippen MR) is 59.1 cm³/mol. The van der Waals surface area contributed by atoms with Crippen LogP contribution >= 0.6 is 27.5 Å². The van der Waals surface area contributed by atoms with E-state index in [2.05, 4.69) is 21.2 Å². The first kappa shape index (κ1) is 11.5. The number of likely N-dealkylation sites (N-methyl/N-ethyl adjacent to an activating group) is 1. The Morgan fingerprint density at radius 1 is 1.64 bits per heavy atom. The summed E-state index contributed by atoms with van der Waals surface area (Å²) in [5.74, 6) is -0.293. The van der Waals surface area contributed by atoms with Gasteiger partial charge in [-0.1, -0.05) is 11.6 Å². The smallest absolute Gasteiger partial charge is 0.181 e. The van der Waals surface area contributed by atoms with Gasteiger partial charge in [0.15, 0.2) is 5.78 Å². The minimum Gasteiger partial charge on any atom is -0.507 e. The highest BCUT2D eigenvalue weighted by molar-refractivity contribution is 9.10. The average Bonchev–Trinajstić information content (AvgIpc) is 2.01. The first-order valence-electron chi connectivity index (χ1n) is 3.92. The van der Waals surface area contributed by atoms with Crippen molar-refractivity contribution in [1.82, 2.24) is 5.32 Å². The number of hydrogen-bond acceptors (Lipinski definition) is 3. The quantitative estimate of drug-likeness (QED) is 0.834. The van der Waals surface area contributed by atoms with Crippen LogP contribution in [0.3, 0.4) is 0 Å². The van der Waals surface area contributed by atoms with E-state index >= 15 is 0 Å². The SMILES string of the molecule is CNCC(=O)c1c(O)cc(Cl)cc1Br. The van der Waals surface area contributed by atoms with Gasteiger partial charge in [0.05, 0.1) is 12.1 Å². The Kier molecular flexibility index (Phi) is 3.92. The molecule has 3 nitrogen and oxygen atoms in total. The number of Topliss-reactive ketones (excluding diaryl/α,β-unsaturated/α-hetero) is 1. The van der Waals surface area contributed by atoms with Crippen molar-refractivity contribution in [1.29, 1.82) is 0 Å². The maximum absolute atomic E-state index is 11.5. The molecule has 0 heterocycles. The maximum Gasteiger partial charge on any atom is 0.181 e. The van der Waals surface area contributed by atoms with Gasteiger partial charge in [-0.2, -0.15) is 0 Å². The predicted octanol–water partition coefficient (Wildman–Crippen LogP) is 2.21. The lowest BCUT2D eigenvalue weighted by atomic mass is 10.1. The van der Waals surface area contributed by atoms with Crippen LogP contribution in [-0.2, 0) is 0 Å². The van der Waals surface area contributed by atoms with Crippen LogP contribution in [0.2, 0.25) is 5.02 Å². The van der Waals surface area contributed by atoms with E-state index in [-0.39, 0.29) is 23.6 Å². The van der Waals surface area contributed by atoms with Gasteiger partial charge in [0.25, 0.3) is 0 Å². The fraction of sp³-hybridized carbons (Fsp3) is 0.222. The number of carbonyl (C=O) groups is 1. The van der Waals surface area contributed by atoms with E-state index in [9.17, 15) is 9.90 Å². The largest absolute Gasteiger partial charge is 0.507 e. The molecule has 2 N–H and O–H groups in total. The summed E-state index contributed by atoms with van der Waals surface area (Å²) in [7, 11) is 1.67. The number of aromatic hydroxyl groups is 1. The summed E-state index contributed by atoms with van der Waals surface area (Å²) in [6.07, 6.45) is 0. The molecule has 0 aliphatic carbocycles. The number of carbonyl (C=O) groups excluding carboxylic acids is 1. The number of rotatable bonds is 3. The molecule has 5 heteroatoms. The first-order valence-corrected chi connectivity index (χ1v) is 5.09. The third kappa shape index (κ3) is 2.47. The van der Waals surface area contributed by atoms with Crippen molar-refractivity contribution in [3.8, 4) is 5.75 Å². The zero-order valence-corrected chi connectivity index (χ0v) is 9.82. The first-order chi connectivity index (χ1) is 6.56. The van der Waals surface area contributed by atoms with Crippen LogP contribution in [0.5, 0.6) is 5.75 Å². The summed E-state index contributed by atoms with van der Waals surface area (Å²) < 4.78 is 0.503. The number of benzene rings is 1. The molecule has 1 aromatic carbocycles. The molecular formula is C9H9BrClNO2. The normalized spacial score (nSPS) is 10.2. The van der Waals surface area contributed by atoms with E-state index in [1.54, 1.807) is 13.1 Å². The van der Waals surface area contributed by atoms with Crippen molar-refractivity contribution < 1.29 is 9.90 Å².